The highest BCUT2D eigenvalue weighted by Gasteiger charge is 2.26. The smallest absolute Gasteiger partial charge is 0.363 e. The molecule has 0 spiro atoms. The number of hydrogen-bond acceptors (Lipinski definition) is 4. The molecule has 1 aliphatic rings. The van der Waals surface area contributed by atoms with E-state index in [4.69, 9.17) is 32.7 Å². The van der Waals surface area contributed by atoms with Crippen LogP contribution in [0.2, 0.25) is 10.0 Å². The molecule has 4 rings (SSSR count). The van der Waals surface area contributed by atoms with Crippen LogP contribution in [-0.2, 0) is 16.1 Å². The van der Waals surface area contributed by atoms with Crippen LogP contribution in [0.4, 0.5) is 0 Å². The van der Waals surface area contributed by atoms with Crippen molar-refractivity contribution in [2.24, 2.45) is 4.99 Å². The van der Waals surface area contributed by atoms with Gasteiger partial charge in [-0.25, -0.2) is 9.79 Å². The highest BCUT2D eigenvalue weighted by Crippen LogP contribution is 2.36. The van der Waals surface area contributed by atoms with Gasteiger partial charge in [0.05, 0.1) is 19.5 Å². The van der Waals surface area contributed by atoms with Crippen molar-refractivity contribution in [3.8, 4) is 5.75 Å². The van der Waals surface area contributed by atoms with Crippen molar-refractivity contribution in [3.05, 3.63) is 100 Å². The first kappa shape index (κ1) is 23.5. The van der Waals surface area contributed by atoms with Crippen LogP contribution in [0.15, 0.2) is 78.7 Å². The molecular weight excluding hydrogens is 649 g/mol. The van der Waals surface area contributed by atoms with E-state index in [9.17, 15) is 4.79 Å². The maximum absolute atomic E-state index is 12.3. The molecule has 3 aromatic carbocycles. The largest absolute Gasteiger partial charge is 0.487 e. The molecule has 0 unspecified atom stereocenters. The molecule has 162 valence electrons. The fourth-order valence-corrected chi connectivity index (χ4v) is 5.31. The Balaban J connectivity index is 1.57. The van der Waals surface area contributed by atoms with Gasteiger partial charge in [-0.1, -0.05) is 51.3 Å². The van der Waals surface area contributed by atoms with E-state index in [0.717, 1.165) is 24.5 Å². The van der Waals surface area contributed by atoms with Gasteiger partial charge < -0.3 is 9.47 Å². The monoisotopic (exact) mass is 657 g/mol. The van der Waals surface area contributed by atoms with Crippen LogP contribution in [0, 0.1) is 0 Å². The molecule has 0 aromatic heterocycles. The summed E-state index contributed by atoms with van der Waals surface area (Å²) in [7, 11) is 0. The minimum atomic E-state index is -0.562. The average Bonchev–Trinajstić information content (AvgIpc) is 3.07. The minimum absolute atomic E-state index is 0.134. The van der Waals surface area contributed by atoms with E-state index in [1.807, 2.05) is 36.4 Å². The quantitative estimate of drug-likeness (QED) is 0.205. The molecule has 1 aliphatic heterocycles. The predicted molar refractivity (Wildman–Crippen MR) is 137 cm³/mol. The van der Waals surface area contributed by atoms with Crippen LogP contribution >= 0.6 is 71.0 Å². The van der Waals surface area contributed by atoms with E-state index in [1.54, 1.807) is 24.3 Å². The first-order valence-electron chi connectivity index (χ1n) is 9.14. The second-order valence-corrected chi connectivity index (χ2v) is 10.2. The summed E-state index contributed by atoms with van der Waals surface area (Å²) in [6, 6.07) is 16.4. The number of nitrogens with zero attached hydrogens (tertiary/aromatic N) is 1. The molecule has 1 heterocycles. The number of ether oxygens (including phenoxy) is 2. The van der Waals surface area contributed by atoms with Crippen molar-refractivity contribution in [1.82, 2.24) is 0 Å². The third-order valence-electron chi connectivity index (χ3n) is 4.38. The molecule has 0 bridgehead atoms. The van der Waals surface area contributed by atoms with Crippen LogP contribution in [0.5, 0.6) is 5.75 Å². The summed E-state index contributed by atoms with van der Waals surface area (Å²) in [4.78, 5) is 16.6. The fourth-order valence-electron chi connectivity index (χ4n) is 2.93. The van der Waals surface area contributed by atoms with Gasteiger partial charge in [-0.05, 0) is 91.5 Å². The maximum Gasteiger partial charge on any atom is 0.363 e. The number of carbonyl (C=O) groups is 1. The van der Waals surface area contributed by atoms with Crippen LogP contribution < -0.4 is 4.74 Å². The van der Waals surface area contributed by atoms with Crippen LogP contribution in [0.1, 0.15) is 16.7 Å². The molecular formula is C23H12Br3Cl2NO3. The molecule has 0 radical (unpaired) electrons. The summed E-state index contributed by atoms with van der Waals surface area (Å²) in [5.41, 5.74) is 2.41. The minimum Gasteiger partial charge on any atom is -0.487 e. The van der Waals surface area contributed by atoms with Crippen molar-refractivity contribution in [2.45, 2.75) is 6.61 Å². The Morgan fingerprint density at radius 2 is 1.75 bits per heavy atom. The highest BCUT2D eigenvalue weighted by molar-refractivity contribution is 9.11. The molecule has 0 atom stereocenters. The van der Waals surface area contributed by atoms with E-state index < -0.39 is 5.97 Å². The number of benzene rings is 3. The zero-order chi connectivity index (χ0) is 22.8. The summed E-state index contributed by atoms with van der Waals surface area (Å²) in [5, 5.41) is 0.832. The number of halogens is 5. The van der Waals surface area contributed by atoms with E-state index >= 15 is 0 Å². The molecule has 0 saturated carbocycles. The predicted octanol–water partition coefficient (Wildman–Crippen LogP) is 8.20. The summed E-state index contributed by atoms with van der Waals surface area (Å²) < 4.78 is 13.7. The van der Waals surface area contributed by atoms with Crippen LogP contribution in [0.3, 0.4) is 0 Å². The van der Waals surface area contributed by atoms with Gasteiger partial charge in [0.15, 0.2) is 5.70 Å². The lowest BCUT2D eigenvalue weighted by Crippen LogP contribution is -2.05. The Morgan fingerprint density at radius 3 is 2.44 bits per heavy atom. The molecule has 32 heavy (non-hydrogen) atoms. The molecule has 0 fully saturated rings. The summed E-state index contributed by atoms with van der Waals surface area (Å²) in [5.74, 6) is 0.224. The Hall–Kier alpha value is -1.64. The van der Waals surface area contributed by atoms with Crippen molar-refractivity contribution in [3.63, 3.8) is 0 Å². The van der Waals surface area contributed by atoms with Gasteiger partial charge >= 0.3 is 5.97 Å². The molecule has 4 nitrogen and oxygen atoms in total. The first-order valence-corrected chi connectivity index (χ1v) is 12.3. The lowest BCUT2D eigenvalue weighted by atomic mass is 10.2. The maximum atomic E-state index is 12.3. The second kappa shape index (κ2) is 10.1. The lowest BCUT2D eigenvalue weighted by molar-refractivity contribution is -0.129. The second-order valence-electron chi connectivity index (χ2n) is 6.69. The standard InChI is InChI=1S/C23H12Br3Cl2NO3/c24-14-3-1-2-12(6-14)11-31-21-17(25)7-13(8-18(21)26)9-20-23(30)32-22(29-20)16-5-4-15(27)10-19(16)28/h1-10H,11H2/b20-9-. The molecule has 9 heteroatoms. The third kappa shape index (κ3) is 5.46. The summed E-state index contributed by atoms with van der Waals surface area (Å²) in [6.07, 6.45) is 1.63. The van der Waals surface area contributed by atoms with Gasteiger partial charge in [-0.15, -0.1) is 0 Å². The topological polar surface area (TPSA) is 47.9 Å². The van der Waals surface area contributed by atoms with E-state index in [-0.39, 0.29) is 11.6 Å². The zero-order valence-corrected chi connectivity index (χ0v) is 22.3. The molecule has 0 aliphatic carbocycles. The van der Waals surface area contributed by atoms with Crippen molar-refractivity contribution >= 4 is 88.9 Å². The first-order chi connectivity index (χ1) is 15.3. The van der Waals surface area contributed by atoms with Gasteiger partial charge in [0.2, 0.25) is 5.90 Å². The Kier molecular flexibility index (Phi) is 7.42. The number of carbonyl (C=O) groups excluding carboxylic acids is 1. The average molecular weight is 661 g/mol. The molecule has 0 amide bonds. The zero-order valence-electron chi connectivity index (χ0n) is 16.0. The number of cyclic esters (lactones) is 1. The van der Waals surface area contributed by atoms with Crippen molar-refractivity contribution in [1.29, 1.82) is 0 Å². The van der Waals surface area contributed by atoms with Gasteiger partial charge in [-0.3, -0.25) is 0 Å². The number of aliphatic imine (C=N–C) groups is 1. The molecule has 3 aromatic rings. The van der Waals surface area contributed by atoms with E-state index in [2.05, 4.69) is 52.8 Å². The van der Waals surface area contributed by atoms with Gasteiger partial charge in [0, 0.05) is 9.50 Å². The van der Waals surface area contributed by atoms with Crippen molar-refractivity contribution in [2.75, 3.05) is 0 Å². The van der Waals surface area contributed by atoms with Crippen LogP contribution in [-0.4, -0.2) is 11.9 Å². The molecule has 0 N–H and O–H groups in total. The number of esters is 1. The summed E-state index contributed by atoms with van der Waals surface area (Å²) >= 11 is 22.7. The van der Waals surface area contributed by atoms with E-state index in [0.29, 0.717) is 28.0 Å². The highest BCUT2D eigenvalue weighted by atomic mass is 79.9. The van der Waals surface area contributed by atoms with Gasteiger partial charge in [0.1, 0.15) is 12.4 Å². The Bertz CT molecular complexity index is 1270. The van der Waals surface area contributed by atoms with Gasteiger partial charge in [-0.2, -0.15) is 0 Å². The third-order valence-corrected chi connectivity index (χ3v) is 6.60. The Morgan fingerprint density at radius 1 is 1.00 bits per heavy atom. The Labute approximate surface area is 219 Å². The molecule has 0 saturated heterocycles. The fraction of sp³-hybridized carbons (Fsp3) is 0.0435. The lowest BCUT2D eigenvalue weighted by Gasteiger charge is -2.12. The summed E-state index contributed by atoms with van der Waals surface area (Å²) in [6.45, 7) is 0.402. The van der Waals surface area contributed by atoms with Gasteiger partial charge in [0.25, 0.3) is 0 Å². The SMILES string of the molecule is O=C1OC(c2ccc(Cl)cc2Cl)=N/C1=C\c1cc(Br)c(OCc2cccc(Br)c2)c(Br)c1. The number of rotatable bonds is 5. The van der Waals surface area contributed by atoms with E-state index in [1.165, 1.54) is 0 Å². The van der Waals surface area contributed by atoms with Crippen molar-refractivity contribution < 1.29 is 14.3 Å². The number of hydrogen-bond donors (Lipinski definition) is 0. The normalized spacial score (nSPS) is 14.5. The van der Waals surface area contributed by atoms with Crippen LogP contribution in [0.25, 0.3) is 6.08 Å².